The van der Waals surface area contributed by atoms with Crippen LogP contribution in [0.4, 0.5) is 10.8 Å². The Kier molecular flexibility index (Phi) is 8.49. The van der Waals surface area contributed by atoms with E-state index < -0.39 is 5.25 Å². The minimum absolute atomic E-state index is 0.183. The van der Waals surface area contributed by atoms with Gasteiger partial charge < -0.3 is 15.4 Å². The van der Waals surface area contributed by atoms with Gasteiger partial charge in [0.2, 0.25) is 5.91 Å². The van der Waals surface area contributed by atoms with Crippen LogP contribution in [-0.2, 0) is 4.79 Å². The molecule has 5 aromatic carbocycles. The number of hydrogen-bond donors (Lipinski definition) is 2. The maximum absolute atomic E-state index is 13.7. The van der Waals surface area contributed by atoms with E-state index in [0.29, 0.717) is 16.4 Å². The van der Waals surface area contributed by atoms with Crippen molar-refractivity contribution in [3.63, 3.8) is 0 Å². The van der Waals surface area contributed by atoms with Gasteiger partial charge in [-0.05, 0) is 70.9 Å². The molecule has 1 heterocycles. The molecule has 8 heteroatoms. The molecule has 2 N–H and O–H groups in total. The lowest BCUT2D eigenvalue weighted by Crippen LogP contribution is -2.19. The first kappa shape index (κ1) is 28.2. The van der Waals surface area contributed by atoms with E-state index in [1.165, 1.54) is 23.1 Å². The Morgan fingerprint density at radius 3 is 2.35 bits per heavy atom. The molecule has 0 aliphatic carbocycles. The minimum Gasteiger partial charge on any atom is -0.497 e. The monoisotopic (exact) mass is 601 g/mol. The number of anilines is 2. The average molecular weight is 602 g/mol. The SMILES string of the molecule is COc1ccc(-c2csc(NC(=O)C(Sc3cccc(NC(=O)c4ccc5ccccc5c4)c3)c3ccccc3)n2)cc1. The Hall–Kier alpha value is -4.92. The van der Waals surface area contributed by atoms with E-state index in [1.54, 1.807) is 7.11 Å². The Labute approximate surface area is 257 Å². The quantitative estimate of drug-likeness (QED) is 0.162. The van der Waals surface area contributed by atoms with Gasteiger partial charge in [-0.1, -0.05) is 66.7 Å². The highest BCUT2D eigenvalue weighted by atomic mass is 32.2. The van der Waals surface area contributed by atoms with Gasteiger partial charge in [-0.15, -0.1) is 23.1 Å². The highest BCUT2D eigenvalue weighted by Crippen LogP contribution is 2.38. The third kappa shape index (κ3) is 6.77. The molecule has 0 saturated heterocycles. The molecule has 0 radical (unpaired) electrons. The fourth-order valence-electron chi connectivity index (χ4n) is 4.61. The van der Waals surface area contributed by atoms with Crippen molar-refractivity contribution >= 4 is 56.5 Å². The molecule has 0 fully saturated rings. The number of amides is 2. The predicted molar refractivity (Wildman–Crippen MR) is 176 cm³/mol. The summed E-state index contributed by atoms with van der Waals surface area (Å²) in [7, 11) is 1.63. The Bertz CT molecular complexity index is 1890. The van der Waals surface area contributed by atoms with Gasteiger partial charge >= 0.3 is 0 Å². The van der Waals surface area contributed by atoms with Crippen molar-refractivity contribution in [1.29, 1.82) is 0 Å². The molecule has 0 aliphatic heterocycles. The maximum atomic E-state index is 13.7. The van der Waals surface area contributed by atoms with Gasteiger partial charge in [0.05, 0.1) is 12.8 Å². The van der Waals surface area contributed by atoms with Gasteiger partial charge in [0.1, 0.15) is 11.0 Å². The first-order valence-electron chi connectivity index (χ1n) is 13.6. The summed E-state index contributed by atoms with van der Waals surface area (Å²) in [5.74, 6) is 0.395. The Balaban J connectivity index is 1.18. The molecule has 6 rings (SSSR count). The van der Waals surface area contributed by atoms with Crippen LogP contribution in [0, 0.1) is 0 Å². The van der Waals surface area contributed by atoms with Crippen LogP contribution in [0.25, 0.3) is 22.0 Å². The van der Waals surface area contributed by atoms with Gasteiger partial charge in [0, 0.05) is 27.1 Å². The summed E-state index contributed by atoms with van der Waals surface area (Å²) < 4.78 is 5.24. The van der Waals surface area contributed by atoms with E-state index in [4.69, 9.17) is 4.74 Å². The standard InChI is InChI=1S/C35H27N3O3S2/c1-41-29-18-16-24(17-19-29)31-22-42-35(37-31)38-34(40)32(25-9-3-2-4-10-25)43-30-13-7-12-28(21-30)36-33(39)27-15-14-23-8-5-6-11-26(23)20-27/h2-22,32H,1H3,(H,36,39)(H,37,38,40). The fourth-order valence-corrected chi connectivity index (χ4v) is 6.42. The lowest BCUT2D eigenvalue weighted by atomic mass is 10.1. The molecule has 1 atom stereocenters. The van der Waals surface area contributed by atoms with Gasteiger partial charge in [-0.2, -0.15) is 0 Å². The normalized spacial score (nSPS) is 11.6. The summed E-state index contributed by atoms with van der Waals surface area (Å²) in [6.07, 6.45) is 0. The summed E-state index contributed by atoms with van der Waals surface area (Å²) >= 11 is 2.79. The van der Waals surface area contributed by atoms with Gasteiger partial charge in [-0.3, -0.25) is 9.59 Å². The van der Waals surface area contributed by atoms with Crippen molar-refractivity contribution in [3.8, 4) is 17.0 Å². The summed E-state index contributed by atoms with van der Waals surface area (Å²) in [6.45, 7) is 0. The predicted octanol–water partition coefficient (Wildman–Crippen LogP) is 8.70. The molecule has 43 heavy (non-hydrogen) atoms. The third-order valence-corrected chi connectivity index (χ3v) is 8.82. The van der Waals surface area contributed by atoms with Crippen LogP contribution >= 0.6 is 23.1 Å². The minimum atomic E-state index is -0.541. The number of carbonyl (C=O) groups excluding carboxylic acids is 2. The number of nitrogens with zero attached hydrogens (tertiary/aromatic N) is 1. The van der Waals surface area contributed by atoms with E-state index in [-0.39, 0.29) is 11.8 Å². The number of carbonyl (C=O) groups is 2. The number of thioether (sulfide) groups is 1. The number of methoxy groups -OCH3 is 1. The van der Waals surface area contributed by atoms with Gasteiger partial charge in [-0.25, -0.2) is 4.98 Å². The lowest BCUT2D eigenvalue weighted by molar-refractivity contribution is -0.115. The van der Waals surface area contributed by atoms with Crippen molar-refractivity contribution < 1.29 is 14.3 Å². The van der Waals surface area contributed by atoms with Crippen LogP contribution in [0.5, 0.6) is 5.75 Å². The number of fused-ring (bicyclic) bond motifs is 1. The van der Waals surface area contributed by atoms with E-state index in [9.17, 15) is 9.59 Å². The summed E-state index contributed by atoms with van der Waals surface area (Å²) in [5, 5.41) is 10.0. The van der Waals surface area contributed by atoms with Crippen LogP contribution in [0.3, 0.4) is 0 Å². The molecule has 2 amide bonds. The zero-order chi connectivity index (χ0) is 29.6. The van der Waals surface area contributed by atoms with Gasteiger partial charge in [0.15, 0.2) is 5.13 Å². The average Bonchev–Trinajstić information content (AvgIpc) is 3.52. The smallest absolute Gasteiger partial charge is 0.255 e. The van der Waals surface area contributed by atoms with Gasteiger partial charge in [0.25, 0.3) is 5.91 Å². The van der Waals surface area contributed by atoms with Crippen molar-refractivity contribution in [3.05, 3.63) is 138 Å². The molecule has 6 nitrogen and oxygen atoms in total. The van der Waals surface area contributed by atoms with Crippen LogP contribution < -0.4 is 15.4 Å². The molecule has 1 aromatic heterocycles. The van der Waals surface area contributed by atoms with E-state index in [2.05, 4.69) is 15.6 Å². The van der Waals surface area contributed by atoms with E-state index in [0.717, 1.165) is 38.2 Å². The number of thiazole rings is 1. The van der Waals surface area contributed by atoms with Crippen molar-refractivity contribution in [1.82, 2.24) is 4.98 Å². The van der Waals surface area contributed by atoms with E-state index >= 15 is 0 Å². The number of rotatable bonds is 9. The number of nitrogens with one attached hydrogen (secondary N) is 2. The molecule has 0 aliphatic rings. The number of aromatic nitrogens is 1. The van der Waals surface area contributed by atoms with Crippen LogP contribution in [0.15, 0.2) is 132 Å². The van der Waals surface area contributed by atoms with Crippen LogP contribution in [-0.4, -0.2) is 23.9 Å². The summed E-state index contributed by atoms with van der Waals surface area (Å²) in [5.41, 5.74) is 3.81. The molecule has 1 unspecified atom stereocenters. The van der Waals surface area contributed by atoms with E-state index in [1.807, 2.05) is 127 Å². The third-order valence-electron chi connectivity index (χ3n) is 6.82. The summed E-state index contributed by atoms with van der Waals surface area (Å²) in [4.78, 5) is 32.2. The zero-order valence-electron chi connectivity index (χ0n) is 23.2. The molecule has 0 saturated carbocycles. The van der Waals surface area contributed by atoms with Crippen molar-refractivity contribution in [2.45, 2.75) is 10.1 Å². The maximum Gasteiger partial charge on any atom is 0.255 e. The molecular weight excluding hydrogens is 575 g/mol. The summed E-state index contributed by atoms with van der Waals surface area (Å²) in [6, 6.07) is 38.4. The molecule has 6 aromatic rings. The van der Waals surface area contributed by atoms with Crippen LogP contribution in [0.1, 0.15) is 21.2 Å². The largest absolute Gasteiger partial charge is 0.497 e. The van der Waals surface area contributed by atoms with Crippen molar-refractivity contribution in [2.75, 3.05) is 17.7 Å². The Morgan fingerprint density at radius 2 is 1.56 bits per heavy atom. The van der Waals surface area contributed by atoms with Crippen molar-refractivity contribution in [2.24, 2.45) is 0 Å². The first-order chi connectivity index (χ1) is 21.1. The molecule has 212 valence electrons. The second-order valence-electron chi connectivity index (χ2n) is 9.71. The second-order valence-corrected chi connectivity index (χ2v) is 11.7. The highest BCUT2D eigenvalue weighted by molar-refractivity contribution is 8.00. The molecule has 0 spiro atoms. The second kappa shape index (κ2) is 12.9. The first-order valence-corrected chi connectivity index (χ1v) is 15.3. The number of benzene rings is 5. The molecular formula is C35H27N3O3S2. The molecule has 0 bridgehead atoms. The highest BCUT2D eigenvalue weighted by Gasteiger charge is 2.23. The zero-order valence-corrected chi connectivity index (χ0v) is 24.8. The fraction of sp³-hybridized carbons (Fsp3) is 0.0571. The van der Waals surface area contributed by atoms with Crippen LogP contribution in [0.2, 0.25) is 0 Å². The Morgan fingerprint density at radius 1 is 0.791 bits per heavy atom. The lowest BCUT2D eigenvalue weighted by Gasteiger charge is -2.17. The number of ether oxygens (including phenoxy) is 1. The topological polar surface area (TPSA) is 80.3 Å². The number of hydrogen-bond acceptors (Lipinski definition) is 6.